The second kappa shape index (κ2) is 11.1. The summed E-state index contributed by atoms with van der Waals surface area (Å²) in [7, 11) is 3.09. The van der Waals surface area contributed by atoms with Gasteiger partial charge in [-0.05, 0) is 57.5 Å². The highest BCUT2D eigenvalue weighted by Gasteiger charge is 2.19. The van der Waals surface area contributed by atoms with E-state index in [1.165, 1.54) is 6.20 Å². The molecule has 8 heteroatoms. The maximum absolute atomic E-state index is 12.6. The standard InChI is InChI=1S/C27H31NO7/c1-7-33-26(30)21-15-28-22(20-14-24(32-6)23(31-5)13-19(20)21)12-17-9-8-10-18(11-17)34-16-25(29)35-27(2,3)4/h8-11,13-15H,7,12,16H2,1-6H3. The van der Waals surface area contributed by atoms with Crippen molar-refractivity contribution < 1.29 is 33.3 Å². The van der Waals surface area contributed by atoms with Crippen molar-refractivity contribution in [3.05, 3.63) is 59.4 Å². The van der Waals surface area contributed by atoms with Gasteiger partial charge >= 0.3 is 11.9 Å². The summed E-state index contributed by atoms with van der Waals surface area (Å²) < 4.78 is 27.0. The molecule has 0 aliphatic rings. The van der Waals surface area contributed by atoms with E-state index in [-0.39, 0.29) is 13.2 Å². The molecule has 186 valence electrons. The fourth-order valence-corrected chi connectivity index (χ4v) is 3.59. The predicted molar refractivity (Wildman–Crippen MR) is 131 cm³/mol. The molecule has 3 aromatic rings. The minimum absolute atomic E-state index is 0.187. The van der Waals surface area contributed by atoms with E-state index in [4.69, 9.17) is 23.7 Å². The van der Waals surface area contributed by atoms with Crippen LogP contribution in [-0.2, 0) is 20.7 Å². The van der Waals surface area contributed by atoms with E-state index in [2.05, 4.69) is 4.98 Å². The van der Waals surface area contributed by atoms with Gasteiger partial charge in [0.25, 0.3) is 0 Å². The Morgan fingerprint density at radius 2 is 1.66 bits per heavy atom. The Balaban J connectivity index is 1.93. The number of rotatable bonds is 9. The molecule has 1 heterocycles. The van der Waals surface area contributed by atoms with Crippen LogP contribution >= 0.6 is 0 Å². The molecule has 3 rings (SSSR count). The summed E-state index contributed by atoms with van der Waals surface area (Å²) in [6, 6.07) is 11.0. The van der Waals surface area contributed by atoms with E-state index >= 15 is 0 Å². The molecule has 0 atom stereocenters. The Bertz CT molecular complexity index is 1210. The molecule has 0 bridgehead atoms. The maximum atomic E-state index is 12.6. The first-order chi connectivity index (χ1) is 16.6. The Morgan fingerprint density at radius 3 is 2.29 bits per heavy atom. The van der Waals surface area contributed by atoms with Crippen molar-refractivity contribution >= 4 is 22.7 Å². The third kappa shape index (κ3) is 6.62. The van der Waals surface area contributed by atoms with E-state index in [1.807, 2.05) is 24.3 Å². The monoisotopic (exact) mass is 481 g/mol. The third-order valence-corrected chi connectivity index (χ3v) is 5.02. The number of benzene rings is 2. The molecule has 0 fully saturated rings. The first kappa shape index (κ1) is 25.8. The van der Waals surface area contributed by atoms with Crippen LogP contribution < -0.4 is 14.2 Å². The van der Waals surface area contributed by atoms with E-state index in [0.717, 1.165) is 16.6 Å². The van der Waals surface area contributed by atoms with Crippen molar-refractivity contribution in [2.24, 2.45) is 0 Å². The first-order valence-corrected chi connectivity index (χ1v) is 11.3. The number of methoxy groups -OCH3 is 2. The average molecular weight is 482 g/mol. The third-order valence-electron chi connectivity index (χ3n) is 5.02. The number of nitrogens with zero attached hydrogens (tertiary/aromatic N) is 1. The summed E-state index contributed by atoms with van der Waals surface area (Å²) in [4.78, 5) is 29.1. The van der Waals surface area contributed by atoms with Gasteiger partial charge in [0.1, 0.15) is 11.4 Å². The largest absolute Gasteiger partial charge is 0.493 e. The fourth-order valence-electron chi connectivity index (χ4n) is 3.59. The van der Waals surface area contributed by atoms with Crippen LogP contribution in [0.15, 0.2) is 42.6 Å². The zero-order valence-corrected chi connectivity index (χ0v) is 21.0. The molecule has 2 aromatic carbocycles. The Morgan fingerprint density at radius 1 is 0.971 bits per heavy atom. The number of esters is 2. The molecule has 0 unspecified atom stereocenters. The molecule has 0 radical (unpaired) electrons. The lowest BCUT2D eigenvalue weighted by Gasteiger charge is -2.19. The van der Waals surface area contributed by atoms with Crippen LogP contribution in [0.1, 0.15) is 49.3 Å². The molecule has 0 spiro atoms. The van der Waals surface area contributed by atoms with Crippen LogP contribution in [0.2, 0.25) is 0 Å². The summed E-state index contributed by atoms with van der Waals surface area (Å²) in [6.45, 7) is 7.24. The lowest BCUT2D eigenvalue weighted by molar-refractivity contribution is -0.157. The molecule has 0 aliphatic carbocycles. The predicted octanol–water partition coefficient (Wildman–Crippen LogP) is 4.74. The van der Waals surface area contributed by atoms with Crippen LogP contribution in [0.5, 0.6) is 17.2 Å². The van der Waals surface area contributed by atoms with Crippen molar-refractivity contribution in [3.63, 3.8) is 0 Å². The zero-order chi connectivity index (χ0) is 25.6. The van der Waals surface area contributed by atoms with Crippen molar-refractivity contribution in [1.82, 2.24) is 4.98 Å². The molecule has 8 nitrogen and oxygen atoms in total. The quantitative estimate of drug-likeness (QED) is 0.405. The molecule has 0 N–H and O–H groups in total. The summed E-state index contributed by atoms with van der Waals surface area (Å²) in [5.74, 6) is 0.672. The number of pyridine rings is 1. The summed E-state index contributed by atoms with van der Waals surface area (Å²) in [5, 5.41) is 1.40. The molecule has 0 saturated heterocycles. The van der Waals surface area contributed by atoms with Gasteiger partial charge in [0, 0.05) is 23.4 Å². The van der Waals surface area contributed by atoms with Crippen molar-refractivity contribution in [3.8, 4) is 17.2 Å². The number of hydrogen-bond acceptors (Lipinski definition) is 8. The van der Waals surface area contributed by atoms with Gasteiger partial charge in [0.15, 0.2) is 18.1 Å². The minimum atomic E-state index is -0.575. The Labute approximate surface area is 205 Å². The van der Waals surface area contributed by atoms with E-state index in [9.17, 15) is 9.59 Å². The van der Waals surface area contributed by atoms with Crippen LogP contribution in [-0.4, -0.2) is 50.0 Å². The number of hydrogen-bond donors (Lipinski definition) is 0. The van der Waals surface area contributed by atoms with Gasteiger partial charge in [-0.15, -0.1) is 0 Å². The first-order valence-electron chi connectivity index (χ1n) is 11.3. The summed E-state index contributed by atoms with van der Waals surface area (Å²) >= 11 is 0. The lowest BCUT2D eigenvalue weighted by Crippen LogP contribution is -2.27. The Kier molecular flexibility index (Phi) is 8.17. The van der Waals surface area contributed by atoms with Gasteiger partial charge in [-0.2, -0.15) is 0 Å². The van der Waals surface area contributed by atoms with Gasteiger partial charge in [0.2, 0.25) is 0 Å². The average Bonchev–Trinajstić information content (AvgIpc) is 2.81. The fraction of sp³-hybridized carbons (Fsp3) is 0.370. The number of ether oxygens (including phenoxy) is 5. The van der Waals surface area contributed by atoms with Crippen molar-refractivity contribution in [2.75, 3.05) is 27.4 Å². The maximum Gasteiger partial charge on any atom is 0.344 e. The van der Waals surface area contributed by atoms with Crippen molar-refractivity contribution in [1.29, 1.82) is 0 Å². The van der Waals surface area contributed by atoms with E-state index in [1.54, 1.807) is 54.0 Å². The van der Waals surface area contributed by atoms with Gasteiger partial charge in [-0.3, -0.25) is 4.98 Å². The molecular weight excluding hydrogens is 450 g/mol. The van der Waals surface area contributed by atoms with Crippen LogP contribution in [0.4, 0.5) is 0 Å². The number of aromatic nitrogens is 1. The SMILES string of the molecule is CCOC(=O)c1cnc(Cc2cccc(OCC(=O)OC(C)(C)C)c2)c2cc(OC)c(OC)cc12. The van der Waals surface area contributed by atoms with E-state index < -0.39 is 17.5 Å². The van der Waals surface area contributed by atoms with Gasteiger partial charge in [-0.1, -0.05) is 12.1 Å². The zero-order valence-electron chi connectivity index (χ0n) is 21.0. The number of carbonyl (C=O) groups excluding carboxylic acids is 2. The minimum Gasteiger partial charge on any atom is -0.493 e. The molecule has 0 saturated carbocycles. The second-order valence-corrected chi connectivity index (χ2v) is 8.79. The molecule has 35 heavy (non-hydrogen) atoms. The van der Waals surface area contributed by atoms with Crippen molar-refractivity contribution in [2.45, 2.75) is 39.7 Å². The van der Waals surface area contributed by atoms with Gasteiger partial charge < -0.3 is 23.7 Å². The molecule has 1 aromatic heterocycles. The number of fused-ring (bicyclic) bond motifs is 1. The number of carbonyl (C=O) groups is 2. The normalized spacial score (nSPS) is 11.1. The highest BCUT2D eigenvalue weighted by molar-refractivity contribution is 6.05. The van der Waals surface area contributed by atoms with Gasteiger partial charge in [0.05, 0.1) is 32.1 Å². The topological polar surface area (TPSA) is 93.2 Å². The smallest absolute Gasteiger partial charge is 0.344 e. The van der Waals surface area contributed by atoms with E-state index in [0.29, 0.717) is 34.6 Å². The second-order valence-electron chi connectivity index (χ2n) is 8.79. The summed E-state index contributed by atoms with van der Waals surface area (Å²) in [5.41, 5.74) is 1.42. The van der Waals surface area contributed by atoms with Crippen LogP contribution in [0, 0.1) is 0 Å². The highest BCUT2D eigenvalue weighted by Crippen LogP contribution is 2.35. The van der Waals surface area contributed by atoms with Crippen LogP contribution in [0.25, 0.3) is 10.8 Å². The lowest BCUT2D eigenvalue weighted by atomic mass is 10.00. The molecular formula is C27H31NO7. The summed E-state index contributed by atoms with van der Waals surface area (Å²) in [6.07, 6.45) is 1.98. The molecule has 0 amide bonds. The van der Waals surface area contributed by atoms with Crippen LogP contribution in [0.3, 0.4) is 0 Å². The highest BCUT2D eigenvalue weighted by atomic mass is 16.6. The van der Waals surface area contributed by atoms with Gasteiger partial charge in [-0.25, -0.2) is 9.59 Å². The Hall–Kier alpha value is -3.81. The molecule has 0 aliphatic heterocycles.